The third kappa shape index (κ3) is 9.69. The number of phenols is 1. The van der Waals surface area contributed by atoms with Crippen molar-refractivity contribution in [1.82, 2.24) is 40.8 Å². The van der Waals surface area contributed by atoms with Gasteiger partial charge in [-0.3, -0.25) is 14.4 Å². The van der Waals surface area contributed by atoms with Gasteiger partial charge in [-0.2, -0.15) is 5.48 Å². The number of hydrogen-bond donors (Lipinski definition) is 5. The number of nitrogens with zero attached hydrogens (tertiary/aromatic N) is 8. The lowest BCUT2D eigenvalue weighted by Gasteiger charge is -2.60. The molecule has 4 saturated heterocycles. The highest BCUT2D eigenvalue weighted by atomic mass is 19.1. The molecule has 5 aromatic rings. The number of hydrogen-bond acceptors (Lipinski definition) is 14. The summed E-state index contributed by atoms with van der Waals surface area (Å²) in [7, 11) is 0. The van der Waals surface area contributed by atoms with Gasteiger partial charge in [-0.25, -0.2) is 14.4 Å². The van der Waals surface area contributed by atoms with Crippen molar-refractivity contribution in [3.8, 4) is 33.9 Å². The maximum absolute atomic E-state index is 14.3. The van der Waals surface area contributed by atoms with Crippen molar-refractivity contribution in [3.05, 3.63) is 103 Å². The molecule has 3 aromatic carbocycles. The van der Waals surface area contributed by atoms with Gasteiger partial charge in [0.2, 0.25) is 17.8 Å². The maximum Gasteiger partial charge on any atom is 0.275 e. The van der Waals surface area contributed by atoms with Crippen LogP contribution >= 0.6 is 0 Å². The van der Waals surface area contributed by atoms with E-state index in [4.69, 9.17) is 20.5 Å². The number of anilines is 3. The normalized spacial score (nSPS) is 26.3. The number of nitrogens with one attached hydrogen (secondary N) is 2. The first-order valence-electron chi connectivity index (χ1n) is 26.2. The van der Waals surface area contributed by atoms with Gasteiger partial charge < -0.3 is 45.7 Å². The van der Waals surface area contributed by atoms with Crippen LogP contribution in [0.25, 0.3) is 22.4 Å². The number of aliphatic hydroxyl groups excluding tert-OH is 1. The van der Waals surface area contributed by atoms with Crippen molar-refractivity contribution < 1.29 is 33.8 Å². The number of rotatable bonds is 12. The van der Waals surface area contributed by atoms with Crippen molar-refractivity contribution >= 4 is 35.2 Å². The zero-order valence-corrected chi connectivity index (χ0v) is 42.2. The number of para-hydroxylation sites is 1. The zero-order chi connectivity index (χ0) is 51.5. The number of fused-ring (bicyclic) bond motifs is 2. The Morgan fingerprint density at radius 2 is 1.49 bits per heavy atom. The highest BCUT2D eigenvalue weighted by molar-refractivity contribution is 5.93. The molecule has 3 amide bonds. The molecule has 3 unspecified atom stereocenters. The second-order valence-corrected chi connectivity index (χ2v) is 22.8. The average Bonchev–Trinajstić information content (AvgIpc) is 3.89. The van der Waals surface area contributed by atoms with Crippen LogP contribution in [0.15, 0.2) is 91.3 Å². The molecular formula is C56H66FN11O6. The molecule has 6 fully saturated rings. The fourth-order valence-electron chi connectivity index (χ4n) is 12.8. The van der Waals surface area contributed by atoms with E-state index < -0.39 is 35.4 Å². The summed E-state index contributed by atoms with van der Waals surface area (Å²) in [6.45, 7) is 9.16. The fraction of sp³-hybridized carbons (Fsp3) is 0.482. The van der Waals surface area contributed by atoms with Gasteiger partial charge >= 0.3 is 0 Å². The van der Waals surface area contributed by atoms with Crippen molar-refractivity contribution in [3.63, 3.8) is 0 Å². The lowest BCUT2D eigenvalue weighted by Crippen LogP contribution is -2.62. The van der Waals surface area contributed by atoms with E-state index in [0.29, 0.717) is 45.9 Å². The molecule has 2 saturated carbocycles. The number of piperazine rings is 1. The van der Waals surface area contributed by atoms with Gasteiger partial charge in [0, 0.05) is 73.6 Å². The SMILES string of the molecule is CC(C)(C)C(NC(=O)C1CC2(C1)CC(N1CCC(c3cnc(N4C5CCC4CN(c4cc(-c6ccccc6O)nnc4N)C5)nc3)CC1)C2)C(=O)N1C[C@H](O)C[C@H]1C(=O)NOc1ccc(-c2ccccc2F)cc1. The molecule has 0 radical (unpaired) electrons. The molecule has 6 heterocycles. The quantitative estimate of drug-likeness (QED) is 0.0878. The summed E-state index contributed by atoms with van der Waals surface area (Å²) in [5, 5.41) is 32.7. The number of phenolic OH excluding ortho intramolecular Hbond substituents is 1. The lowest BCUT2D eigenvalue weighted by atomic mass is 9.49. The van der Waals surface area contributed by atoms with E-state index in [1.807, 2.05) is 51.4 Å². The highest BCUT2D eigenvalue weighted by Crippen LogP contribution is 2.60. The number of carbonyl (C=O) groups is 3. The number of benzene rings is 3. The molecule has 1 spiro atoms. The van der Waals surface area contributed by atoms with Gasteiger partial charge in [-0.05, 0) is 129 Å². The van der Waals surface area contributed by atoms with Gasteiger partial charge in [0.15, 0.2) is 11.6 Å². The van der Waals surface area contributed by atoms with E-state index in [0.717, 1.165) is 89.2 Å². The van der Waals surface area contributed by atoms with Crippen LogP contribution in [0.4, 0.5) is 21.8 Å². The standard InChI is InChI=1S/C56H66FN11O6/c1-55(2,3)49(53(73)67-32-40(69)22-47(67)52(72)64-74-41-16-12-34(13-17-41)42-8-4-6-10-44(42)57)61-51(71)35-24-56(25-35)26-39(27-56)65-20-18-33(19-21-65)36-28-59-54(60-29-36)68-37-14-15-38(68)31-66(30-37)46-23-45(62-63-50(46)58)43-9-5-7-11-48(43)70/h4-13,16-17,23,28-29,33,35,37-40,47,49,69-70H,14-15,18-22,24-27,30-32H2,1-3H3,(H2,58,63)(H,61,71)(H,64,72)/t35?,37?,38?,39?,40-,47+,49?,56?/m1/s1. The van der Waals surface area contributed by atoms with Crippen LogP contribution in [0, 0.1) is 22.6 Å². The Hall–Kier alpha value is -6.92. The Balaban J connectivity index is 0.631. The first-order chi connectivity index (χ1) is 35.6. The first-order valence-corrected chi connectivity index (χ1v) is 26.2. The van der Waals surface area contributed by atoms with Gasteiger partial charge in [-0.1, -0.05) is 63.2 Å². The van der Waals surface area contributed by atoms with E-state index in [2.05, 4.69) is 35.7 Å². The smallest absolute Gasteiger partial charge is 0.275 e. The van der Waals surface area contributed by atoms with Crippen molar-refractivity contribution in [2.45, 2.75) is 121 Å². The second kappa shape index (κ2) is 19.7. The summed E-state index contributed by atoms with van der Waals surface area (Å²) in [5.41, 5.74) is 12.6. The molecule has 2 aliphatic carbocycles. The summed E-state index contributed by atoms with van der Waals surface area (Å²) >= 11 is 0. The Bertz CT molecular complexity index is 2870. The van der Waals surface area contributed by atoms with Crippen molar-refractivity contribution in [2.75, 3.05) is 48.3 Å². The number of hydroxylamine groups is 1. The molecule has 6 aliphatic rings. The second-order valence-electron chi connectivity index (χ2n) is 22.8. The van der Waals surface area contributed by atoms with Crippen LogP contribution in [0.3, 0.4) is 0 Å². The number of carbonyl (C=O) groups excluding carboxylic acids is 3. The Labute approximate surface area is 430 Å². The van der Waals surface area contributed by atoms with Crippen molar-refractivity contribution in [1.29, 1.82) is 0 Å². The molecule has 6 N–H and O–H groups in total. The minimum absolute atomic E-state index is 0.0273. The lowest BCUT2D eigenvalue weighted by molar-refractivity contribution is -0.151. The van der Waals surface area contributed by atoms with Crippen molar-refractivity contribution in [2.24, 2.45) is 16.7 Å². The number of nitrogen functional groups attached to an aromatic ring is 1. The third-order valence-corrected chi connectivity index (χ3v) is 16.9. The summed E-state index contributed by atoms with van der Waals surface area (Å²) in [5.74, 6) is 0.313. The molecule has 18 heteroatoms. The van der Waals surface area contributed by atoms with Crippen LogP contribution in [0.5, 0.6) is 11.5 Å². The van der Waals surface area contributed by atoms with Gasteiger partial charge in [0.25, 0.3) is 5.91 Å². The van der Waals surface area contributed by atoms with Crippen LogP contribution in [0.1, 0.15) is 90.0 Å². The summed E-state index contributed by atoms with van der Waals surface area (Å²) < 4.78 is 14.3. The number of nitrogens with two attached hydrogens (primary N) is 1. The highest BCUT2D eigenvalue weighted by Gasteiger charge is 2.57. The minimum Gasteiger partial charge on any atom is -0.507 e. The first kappa shape index (κ1) is 49.3. The largest absolute Gasteiger partial charge is 0.507 e. The number of piperidine rings is 1. The summed E-state index contributed by atoms with van der Waals surface area (Å²) in [4.78, 5) is 65.7. The van der Waals surface area contributed by atoms with E-state index in [-0.39, 0.29) is 53.9 Å². The minimum atomic E-state index is -1.00. The number of halogens is 1. The fourth-order valence-corrected chi connectivity index (χ4v) is 12.8. The molecule has 2 aromatic heterocycles. The van der Waals surface area contributed by atoms with Crippen LogP contribution < -0.4 is 31.2 Å². The maximum atomic E-state index is 14.3. The molecular weight excluding hydrogens is 942 g/mol. The third-order valence-electron chi connectivity index (χ3n) is 16.9. The average molecular weight is 1010 g/mol. The molecule has 4 aliphatic heterocycles. The van der Waals surface area contributed by atoms with E-state index in [1.54, 1.807) is 54.6 Å². The number of aliphatic hydroxyl groups is 1. The number of amides is 3. The molecule has 11 rings (SSSR count). The van der Waals surface area contributed by atoms with Crippen LogP contribution in [-0.2, 0) is 14.4 Å². The number of aromatic hydroxyl groups is 1. The molecule has 2 bridgehead atoms. The number of aromatic nitrogens is 4. The van der Waals surface area contributed by atoms with E-state index >= 15 is 0 Å². The molecule has 17 nitrogen and oxygen atoms in total. The zero-order valence-electron chi connectivity index (χ0n) is 42.2. The Morgan fingerprint density at radius 1 is 0.824 bits per heavy atom. The van der Waals surface area contributed by atoms with Gasteiger partial charge in [0.05, 0.1) is 17.5 Å². The summed E-state index contributed by atoms with van der Waals surface area (Å²) in [6.07, 6.45) is 11.1. The van der Waals surface area contributed by atoms with Gasteiger partial charge in [0.1, 0.15) is 23.7 Å². The van der Waals surface area contributed by atoms with Gasteiger partial charge in [-0.15, -0.1) is 10.2 Å². The van der Waals surface area contributed by atoms with E-state index in [9.17, 15) is 29.0 Å². The monoisotopic (exact) mass is 1010 g/mol. The number of β-amino-alcohol motifs (C(OH)–C–C–N with tert-alkyl or cyclic N) is 1. The summed E-state index contributed by atoms with van der Waals surface area (Å²) in [6, 6.07) is 21.1. The Kier molecular flexibility index (Phi) is 13.1. The predicted octanol–water partition coefficient (Wildman–Crippen LogP) is 6.23. The predicted molar refractivity (Wildman–Crippen MR) is 277 cm³/mol. The number of likely N-dealkylation sites (tertiary alicyclic amines) is 2. The Morgan fingerprint density at radius 3 is 2.15 bits per heavy atom. The molecule has 388 valence electrons. The molecule has 5 atom stereocenters. The molecule has 74 heavy (non-hydrogen) atoms. The topological polar surface area (TPSA) is 215 Å². The van der Waals surface area contributed by atoms with E-state index in [1.165, 1.54) is 16.5 Å². The van der Waals surface area contributed by atoms with Crippen LogP contribution in [-0.4, -0.2) is 127 Å². The van der Waals surface area contributed by atoms with Crippen LogP contribution in [0.2, 0.25) is 0 Å².